The third-order valence-electron chi connectivity index (χ3n) is 8.04. The summed E-state index contributed by atoms with van der Waals surface area (Å²) in [7, 11) is 0. The predicted molar refractivity (Wildman–Crippen MR) is 121 cm³/mol. The fourth-order valence-electron chi connectivity index (χ4n) is 6.15. The normalized spacial score (nSPS) is 33.6. The van der Waals surface area contributed by atoms with Gasteiger partial charge in [-0.3, -0.25) is 14.5 Å². The quantitative estimate of drug-likeness (QED) is 0.398. The van der Waals surface area contributed by atoms with E-state index in [1.54, 1.807) is 0 Å². The molecule has 1 aromatic carbocycles. The third kappa shape index (κ3) is 4.07. The fraction of sp³-hybridized carbons (Fsp3) is 0.680. The van der Waals surface area contributed by atoms with Gasteiger partial charge in [-0.15, -0.1) is 0 Å². The number of aliphatic hydroxyl groups is 1. The van der Waals surface area contributed by atoms with E-state index < -0.39 is 11.5 Å². The Labute approximate surface area is 189 Å². The van der Waals surface area contributed by atoms with Crippen LogP contribution in [0.5, 0.6) is 0 Å². The number of benzene rings is 1. The Hall–Kier alpha value is -1.37. The molecule has 2 aliphatic heterocycles. The number of carbonyl (C=O) groups excluding carboxylic acids is 2. The zero-order valence-electron chi connectivity index (χ0n) is 18.3. The molecule has 0 spiro atoms. The molecule has 5 nitrogen and oxygen atoms in total. The smallest absolute Gasteiger partial charge is 0.261 e. The average Bonchev–Trinajstić information content (AvgIpc) is 3.30. The Balaban J connectivity index is 1.03. The summed E-state index contributed by atoms with van der Waals surface area (Å²) in [4.78, 5) is 28.1. The lowest BCUT2D eigenvalue weighted by atomic mass is 9.77. The Morgan fingerprint density at radius 3 is 2.61 bits per heavy atom. The van der Waals surface area contributed by atoms with Crippen molar-refractivity contribution in [1.29, 1.82) is 0 Å². The highest BCUT2D eigenvalue weighted by Crippen LogP contribution is 2.43. The summed E-state index contributed by atoms with van der Waals surface area (Å²) in [6, 6.07) is 9.42. The second kappa shape index (κ2) is 8.87. The molecule has 1 N–H and O–H groups in total. The Bertz CT molecular complexity index is 813. The molecule has 31 heavy (non-hydrogen) atoms. The van der Waals surface area contributed by atoms with Crippen molar-refractivity contribution < 1.29 is 14.7 Å². The van der Waals surface area contributed by atoms with Gasteiger partial charge >= 0.3 is 0 Å². The van der Waals surface area contributed by atoms with Crippen LogP contribution in [0.1, 0.15) is 76.2 Å². The molecule has 168 valence electrons. The van der Waals surface area contributed by atoms with E-state index >= 15 is 0 Å². The van der Waals surface area contributed by atoms with Gasteiger partial charge in [-0.2, -0.15) is 0 Å². The molecule has 4 aliphatic rings. The molecule has 2 amide bonds. The van der Waals surface area contributed by atoms with Crippen molar-refractivity contribution >= 4 is 23.8 Å². The van der Waals surface area contributed by atoms with Crippen molar-refractivity contribution in [3.8, 4) is 0 Å². The monoisotopic (exact) mass is 442 g/mol. The van der Waals surface area contributed by atoms with Gasteiger partial charge < -0.3 is 5.11 Å². The van der Waals surface area contributed by atoms with E-state index in [1.165, 1.54) is 47.5 Å². The van der Waals surface area contributed by atoms with Crippen LogP contribution >= 0.6 is 11.9 Å². The van der Waals surface area contributed by atoms with Crippen molar-refractivity contribution in [2.75, 3.05) is 6.54 Å². The molecule has 0 radical (unpaired) electrons. The number of carbonyl (C=O) groups is 2. The zero-order chi connectivity index (χ0) is 21.4. The van der Waals surface area contributed by atoms with Crippen molar-refractivity contribution in [3.05, 3.63) is 29.8 Å². The van der Waals surface area contributed by atoms with Crippen LogP contribution in [-0.2, 0) is 16.1 Å². The lowest BCUT2D eigenvalue weighted by Gasteiger charge is -2.33. The zero-order valence-corrected chi connectivity index (χ0v) is 19.1. The van der Waals surface area contributed by atoms with Crippen molar-refractivity contribution in [2.24, 2.45) is 11.8 Å². The number of likely N-dealkylation sites (tertiary alicyclic amines) is 1. The lowest BCUT2D eigenvalue weighted by Crippen LogP contribution is -2.45. The van der Waals surface area contributed by atoms with E-state index in [0.29, 0.717) is 25.4 Å². The van der Waals surface area contributed by atoms with E-state index in [4.69, 9.17) is 0 Å². The van der Waals surface area contributed by atoms with Gasteiger partial charge in [0.15, 0.2) is 5.60 Å². The van der Waals surface area contributed by atoms with Crippen LogP contribution in [0, 0.1) is 11.8 Å². The Morgan fingerprint density at radius 1 is 1.03 bits per heavy atom. The molecule has 5 rings (SSSR count). The average molecular weight is 443 g/mol. The maximum Gasteiger partial charge on any atom is 0.261 e. The van der Waals surface area contributed by atoms with E-state index in [1.807, 2.05) is 11.9 Å². The molecule has 2 atom stereocenters. The van der Waals surface area contributed by atoms with Gasteiger partial charge in [0.05, 0.1) is 5.92 Å². The molecule has 2 saturated carbocycles. The summed E-state index contributed by atoms with van der Waals surface area (Å²) in [5.74, 6) is -0.176. The van der Waals surface area contributed by atoms with E-state index in [-0.39, 0.29) is 11.8 Å². The van der Waals surface area contributed by atoms with Gasteiger partial charge in [-0.25, -0.2) is 4.31 Å². The number of imide groups is 1. The van der Waals surface area contributed by atoms with E-state index in [2.05, 4.69) is 28.6 Å². The number of nitrogens with zero attached hydrogens (tertiary/aromatic N) is 2. The summed E-state index contributed by atoms with van der Waals surface area (Å²) in [6.45, 7) is 1.55. The van der Waals surface area contributed by atoms with Crippen LogP contribution in [0.25, 0.3) is 0 Å². The topological polar surface area (TPSA) is 60.9 Å². The first-order valence-corrected chi connectivity index (χ1v) is 12.9. The van der Waals surface area contributed by atoms with Crippen molar-refractivity contribution in [1.82, 2.24) is 9.21 Å². The first kappa shape index (κ1) is 21.5. The SMILES string of the molecule is O=C1C2CCCCC2(O)C(=O)N1CCCCC1CCC(N2Cc3ccccc3S2)CC1. The summed E-state index contributed by atoms with van der Waals surface area (Å²) < 4.78 is 2.58. The molecule has 0 aromatic heterocycles. The standard InChI is InChI=1S/C25H34N2O3S/c28-23-21-9-3-5-15-25(21,30)24(29)26(23)16-6-4-7-18-11-13-20(14-12-18)27-17-19-8-1-2-10-22(19)31-27/h1-2,8,10,18,20-21,30H,3-7,9,11-17H2. The molecule has 1 aromatic rings. The van der Waals surface area contributed by atoms with Gasteiger partial charge in [0.2, 0.25) is 5.91 Å². The number of fused-ring (bicyclic) bond motifs is 2. The van der Waals surface area contributed by atoms with Crippen molar-refractivity contribution in [2.45, 2.75) is 93.7 Å². The molecular weight excluding hydrogens is 408 g/mol. The molecule has 2 heterocycles. The summed E-state index contributed by atoms with van der Waals surface area (Å²) >= 11 is 1.93. The molecule has 3 fully saturated rings. The fourth-order valence-corrected chi connectivity index (χ4v) is 7.36. The highest BCUT2D eigenvalue weighted by atomic mass is 32.2. The van der Waals surface area contributed by atoms with Crippen LogP contribution in [0.3, 0.4) is 0 Å². The van der Waals surface area contributed by atoms with Gasteiger partial charge in [-0.1, -0.05) is 37.5 Å². The second-order valence-corrected chi connectivity index (χ2v) is 11.1. The van der Waals surface area contributed by atoms with E-state index in [0.717, 1.165) is 38.1 Å². The number of hydrogen-bond donors (Lipinski definition) is 1. The minimum absolute atomic E-state index is 0.128. The molecule has 0 bridgehead atoms. The Kier molecular flexibility index (Phi) is 6.15. The largest absolute Gasteiger partial charge is 0.379 e. The molecular formula is C25H34N2O3S. The van der Waals surface area contributed by atoms with Crippen LogP contribution < -0.4 is 0 Å². The number of hydrogen-bond acceptors (Lipinski definition) is 5. The van der Waals surface area contributed by atoms with Gasteiger partial charge in [0, 0.05) is 24.0 Å². The van der Waals surface area contributed by atoms with Crippen LogP contribution in [0.4, 0.5) is 0 Å². The van der Waals surface area contributed by atoms with Crippen molar-refractivity contribution in [3.63, 3.8) is 0 Å². The summed E-state index contributed by atoms with van der Waals surface area (Å²) in [5, 5.41) is 10.7. The molecule has 2 aliphatic carbocycles. The maximum absolute atomic E-state index is 12.7. The number of rotatable bonds is 6. The van der Waals surface area contributed by atoms with Gasteiger partial charge in [0.25, 0.3) is 5.91 Å². The lowest BCUT2D eigenvalue weighted by molar-refractivity contribution is -0.148. The molecule has 2 unspecified atom stereocenters. The summed E-state index contributed by atoms with van der Waals surface area (Å²) in [5.41, 5.74) is 0.0613. The van der Waals surface area contributed by atoms with Gasteiger partial charge in [0.1, 0.15) is 0 Å². The Morgan fingerprint density at radius 2 is 1.84 bits per heavy atom. The highest BCUT2D eigenvalue weighted by Gasteiger charge is 2.58. The number of unbranched alkanes of at least 4 members (excludes halogenated alkanes) is 1. The first-order valence-electron chi connectivity index (χ1n) is 12.2. The molecule has 6 heteroatoms. The van der Waals surface area contributed by atoms with Gasteiger partial charge in [-0.05, 0) is 80.9 Å². The highest BCUT2D eigenvalue weighted by molar-refractivity contribution is 7.97. The maximum atomic E-state index is 12.7. The number of amides is 2. The second-order valence-electron chi connectivity index (χ2n) is 9.96. The first-order chi connectivity index (χ1) is 15.1. The minimum atomic E-state index is -1.40. The van der Waals surface area contributed by atoms with Crippen LogP contribution in [0.2, 0.25) is 0 Å². The molecule has 1 saturated heterocycles. The third-order valence-corrected chi connectivity index (χ3v) is 9.30. The predicted octanol–water partition coefficient (Wildman–Crippen LogP) is 4.53. The van der Waals surface area contributed by atoms with Crippen LogP contribution in [-0.4, -0.2) is 44.3 Å². The minimum Gasteiger partial charge on any atom is -0.379 e. The summed E-state index contributed by atoms with van der Waals surface area (Å²) in [6.07, 6.45) is 11.1. The van der Waals surface area contributed by atoms with Crippen LogP contribution in [0.15, 0.2) is 29.2 Å². The van der Waals surface area contributed by atoms with E-state index in [9.17, 15) is 14.7 Å².